The molecule has 0 saturated carbocycles. The van der Waals surface area contributed by atoms with Crippen molar-refractivity contribution in [2.45, 2.75) is 49.3 Å². The average molecular weight is 389 g/mol. The van der Waals surface area contributed by atoms with Gasteiger partial charge in [-0.25, -0.2) is 8.42 Å². The first-order chi connectivity index (χ1) is 11.6. The maximum absolute atomic E-state index is 13.2. The van der Waals surface area contributed by atoms with E-state index < -0.39 is 10.0 Å². The van der Waals surface area contributed by atoms with Crippen molar-refractivity contribution in [3.05, 3.63) is 17.0 Å². The number of thiophene rings is 1. The van der Waals surface area contributed by atoms with Crippen LogP contribution < -0.4 is 0 Å². The van der Waals surface area contributed by atoms with Gasteiger partial charge < -0.3 is 4.90 Å². The summed E-state index contributed by atoms with van der Waals surface area (Å²) in [7, 11) is -3.36. The summed E-state index contributed by atoms with van der Waals surface area (Å²) in [4.78, 5) is 3.61. The molecule has 7 heteroatoms. The number of likely N-dealkylation sites (tertiary alicyclic amines) is 1. The molecule has 0 amide bonds. The van der Waals surface area contributed by atoms with Crippen molar-refractivity contribution in [3.8, 4) is 0 Å². The Morgan fingerprint density at radius 3 is 2.62 bits per heavy atom. The molecule has 2 saturated heterocycles. The minimum absolute atomic E-state index is 0.104. The fourth-order valence-corrected chi connectivity index (χ4v) is 7.74. The van der Waals surface area contributed by atoms with Crippen LogP contribution in [0.15, 0.2) is 16.3 Å². The standard InChI is InChI=1S/C17H28N2O2S3/c1-2-16-7-8-17(23-16)24(20,21)19-11-6-12-22-14-15(19)13-18-9-4-3-5-10-18/h7-8,15H,2-6,9-14H2,1H3. The second-order valence-corrected chi connectivity index (χ2v) is 11.1. The van der Waals surface area contributed by atoms with Crippen molar-refractivity contribution in [2.24, 2.45) is 0 Å². The number of rotatable bonds is 5. The van der Waals surface area contributed by atoms with Gasteiger partial charge in [-0.05, 0) is 56.7 Å². The average Bonchev–Trinajstić information content (AvgIpc) is 2.97. The summed E-state index contributed by atoms with van der Waals surface area (Å²) in [6, 6.07) is 3.87. The van der Waals surface area contributed by atoms with E-state index in [1.807, 2.05) is 22.1 Å². The normalized spacial score (nSPS) is 24.8. The number of sulfonamides is 1. The third-order valence-corrected chi connectivity index (χ3v) is 9.70. The summed E-state index contributed by atoms with van der Waals surface area (Å²) in [6.07, 6.45) is 5.65. The van der Waals surface area contributed by atoms with Gasteiger partial charge in [-0.1, -0.05) is 13.3 Å². The van der Waals surface area contributed by atoms with E-state index in [9.17, 15) is 8.42 Å². The number of piperidine rings is 1. The van der Waals surface area contributed by atoms with E-state index in [-0.39, 0.29) is 6.04 Å². The molecule has 0 aliphatic carbocycles. The molecule has 2 aliphatic rings. The first kappa shape index (κ1) is 18.7. The zero-order valence-corrected chi connectivity index (χ0v) is 16.9. The quantitative estimate of drug-likeness (QED) is 0.776. The van der Waals surface area contributed by atoms with Crippen molar-refractivity contribution in [2.75, 3.05) is 37.7 Å². The van der Waals surface area contributed by atoms with Gasteiger partial charge in [0.05, 0.1) is 0 Å². The summed E-state index contributed by atoms with van der Waals surface area (Å²) in [5, 5.41) is 0. The molecule has 0 bridgehead atoms. The van der Waals surface area contributed by atoms with Crippen LogP contribution in [0.4, 0.5) is 0 Å². The fourth-order valence-electron chi connectivity index (χ4n) is 3.51. The maximum atomic E-state index is 13.2. The molecule has 3 heterocycles. The van der Waals surface area contributed by atoms with E-state index in [1.165, 1.54) is 30.6 Å². The van der Waals surface area contributed by atoms with E-state index in [0.717, 1.165) is 48.9 Å². The van der Waals surface area contributed by atoms with Gasteiger partial charge in [0.25, 0.3) is 10.0 Å². The first-order valence-corrected chi connectivity index (χ1v) is 12.4. The minimum atomic E-state index is -3.36. The number of hydrogen-bond donors (Lipinski definition) is 0. The zero-order chi connectivity index (χ0) is 17.0. The Morgan fingerprint density at radius 1 is 1.12 bits per heavy atom. The predicted octanol–water partition coefficient (Wildman–Crippen LogP) is 3.29. The molecule has 4 nitrogen and oxygen atoms in total. The van der Waals surface area contributed by atoms with Crippen molar-refractivity contribution < 1.29 is 8.42 Å². The van der Waals surface area contributed by atoms with Gasteiger partial charge >= 0.3 is 0 Å². The maximum Gasteiger partial charge on any atom is 0.252 e. The molecular weight excluding hydrogens is 360 g/mol. The summed E-state index contributed by atoms with van der Waals surface area (Å²) in [5.41, 5.74) is 0. The van der Waals surface area contributed by atoms with Gasteiger partial charge in [-0.3, -0.25) is 0 Å². The molecule has 136 valence electrons. The third-order valence-electron chi connectivity index (χ3n) is 4.85. The Morgan fingerprint density at radius 2 is 1.92 bits per heavy atom. The minimum Gasteiger partial charge on any atom is -0.302 e. The lowest BCUT2D eigenvalue weighted by molar-refractivity contribution is 0.183. The monoisotopic (exact) mass is 388 g/mol. The molecule has 0 spiro atoms. The molecule has 1 aromatic heterocycles. The molecule has 0 radical (unpaired) electrons. The smallest absolute Gasteiger partial charge is 0.252 e. The highest BCUT2D eigenvalue weighted by Gasteiger charge is 2.34. The SMILES string of the molecule is CCc1ccc(S(=O)(=O)N2CCCSCC2CN2CCCCC2)s1. The van der Waals surface area contributed by atoms with E-state index in [4.69, 9.17) is 0 Å². The van der Waals surface area contributed by atoms with Crippen LogP contribution in [0.1, 0.15) is 37.5 Å². The van der Waals surface area contributed by atoms with Crippen LogP contribution in [0.3, 0.4) is 0 Å². The number of thioether (sulfide) groups is 1. The van der Waals surface area contributed by atoms with Crippen LogP contribution in [0, 0.1) is 0 Å². The first-order valence-electron chi connectivity index (χ1n) is 9.02. The van der Waals surface area contributed by atoms with Crippen molar-refractivity contribution in [1.29, 1.82) is 0 Å². The number of aryl methyl sites for hydroxylation is 1. The van der Waals surface area contributed by atoms with Crippen molar-refractivity contribution >= 4 is 33.1 Å². The Hall–Kier alpha value is -0.0800. The molecule has 2 fully saturated rings. The zero-order valence-electron chi connectivity index (χ0n) is 14.4. The lowest BCUT2D eigenvalue weighted by Gasteiger charge is -2.34. The Labute approximate surface area is 154 Å². The third kappa shape index (κ3) is 4.36. The Balaban J connectivity index is 1.80. The van der Waals surface area contributed by atoms with Crippen LogP contribution in [-0.2, 0) is 16.4 Å². The molecule has 0 aromatic carbocycles. The largest absolute Gasteiger partial charge is 0.302 e. The van der Waals surface area contributed by atoms with Gasteiger partial charge in [0.15, 0.2) is 0 Å². The highest BCUT2D eigenvalue weighted by Crippen LogP contribution is 2.29. The molecule has 1 unspecified atom stereocenters. The summed E-state index contributed by atoms with van der Waals surface area (Å²) in [5.74, 6) is 1.98. The Kier molecular flexibility index (Phi) is 6.65. The van der Waals surface area contributed by atoms with E-state index in [2.05, 4.69) is 11.8 Å². The second-order valence-electron chi connectivity index (χ2n) is 6.63. The van der Waals surface area contributed by atoms with Gasteiger partial charge in [0.2, 0.25) is 0 Å². The molecule has 1 atom stereocenters. The van der Waals surface area contributed by atoms with Crippen LogP contribution in [0.2, 0.25) is 0 Å². The fraction of sp³-hybridized carbons (Fsp3) is 0.765. The van der Waals surface area contributed by atoms with Crippen LogP contribution in [-0.4, -0.2) is 61.3 Å². The van der Waals surface area contributed by atoms with E-state index in [0.29, 0.717) is 10.8 Å². The van der Waals surface area contributed by atoms with Gasteiger partial charge in [-0.2, -0.15) is 16.1 Å². The van der Waals surface area contributed by atoms with Gasteiger partial charge in [-0.15, -0.1) is 11.3 Å². The van der Waals surface area contributed by atoms with Gasteiger partial charge in [0, 0.05) is 29.8 Å². The summed E-state index contributed by atoms with van der Waals surface area (Å²) in [6.45, 7) is 5.86. The van der Waals surface area contributed by atoms with E-state index in [1.54, 1.807) is 6.07 Å². The van der Waals surface area contributed by atoms with Gasteiger partial charge in [0.1, 0.15) is 4.21 Å². The number of nitrogens with zero attached hydrogens (tertiary/aromatic N) is 2. The summed E-state index contributed by atoms with van der Waals surface area (Å²) >= 11 is 3.35. The van der Waals surface area contributed by atoms with E-state index >= 15 is 0 Å². The second kappa shape index (κ2) is 8.54. The molecule has 24 heavy (non-hydrogen) atoms. The summed E-state index contributed by atoms with van der Waals surface area (Å²) < 4.78 is 28.8. The molecule has 0 N–H and O–H groups in total. The van der Waals surface area contributed by atoms with Crippen LogP contribution >= 0.6 is 23.1 Å². The van der Waals surface area contributed by atoms with Crippen molar-refractivity contribution in [3.63, 3.8) is 0 Å². The van der Waals surface area contributed by atoms with Crippen molar-refractivity contribution in [1.82, 2.24) is 9.21 Å². The molecular formula is C17H28N2O2S3. The highest BCUT2D eigenvalue weighted by atomic mass is 32.2. The topological polar surface area (TPSA) is 40.6 Å². The lowest BCUT2D eigenvalue weighted by Crippen LogP contribution is -2.48. The molecule has 2 aliphatic heterocycles. The van der Waals surface area contributed by atoms with Crippen LogP contribution in [0.25, 0.3) is 0 Å². The molecule has 1 aromatic rings. The van der Waals surface area contributed by atoms with Crippen LogP contribution in [0.5, 0.6) is 0 Å². The lowest BCUT2D eigenvalue weighted by atomic mass is 10.1. The highest BCUT2D eigenvalue weighted by molar-refractivity contribution is 7.99. The molecule has 3 rings (SSSR count). The Bertz CT molecular complexity index is 624. The predicted molar refractivity (Wildman–Crippen MR) is 104 cm³/mol. The number of hydrogen-bond acceptors (Lipinski definition) is 5.